The van der Waals surface area contributed by atoms with E-state index in [1.165, 1.54) is 0 Å². The van der Waals surface area contributed by atoms with Gasteiger partial charge in [0.2, 0.25) is 0 Å². The van der Waals surface area contributed by atoms with Crippen molar-refractivity contribution in [1.82, 2.24) is 0 Å². The summed E-state index contributed by atoms with van der Waals surface area (Å²) < 4.78 is 27.9. The van der Waals surface area contributed by atoms with Gasteiger partial charge in [0.1, 0.15) is 5.75 Å². The molecule has 0 aliphatic carbocycles. The van der Waals surface area contributed by atoms with Gasteiger partial charge in [0, 0.05) is 5.88 Å². The van der Waals surface area contributed by atoms with E-state index in [0.717, 1.165) is 0 Å². The van der Waals surface area contributed by atoms with Gasteiger partial charge in [-0.2, -0.15) is 8.42 Å². The van der Waals surface area contributed by atoms with Gasteiger partial charge in [0.15, 0.2) is 0 Å². The molecule has 0 saturated heterocycles. The van der Waals surface area contributed by atoms with Crippen molar-refractivity contribution in [2.24, 2.45) is 0 Å². The monoisotopic (exact) mass is 222 g/mol. The summed E-state index contributed by atoms with van der Waals surface area (Å²) in [4.78, 5) is 0. The summed E-state index contributed by atoms with van der Waals surface area (Å²) in [5.41, 5.74) is 0. The third-order valence-corrected chi connectivity index (χ3v) is 1.74. The van der Waals surface area contributed by atoms with Gasteiger partial charge in [0.05, 0.1) is 6.10 Å². The third kappa shape index (κ3) is 15.0. The first-order valence-electron chi connectivity index (χ1n) is 2.15. The maximum absolute atomic E-state index is 9.94. The fourth-order valence-electron chi connectivity index (χ4n) is 0.288. The molecule has 2 N–H and O–H groups in total. The van der Waals surface area contributed by atoms with Crippen LogP contribution in [-0.4, -0.2) is 94.9 Å². The molecule has 0 aromatic heterocycles. The SMILES string of the molecule is O=S(=O)(O)CC(O)CCl.[NaH].[NaH]. The molecule has 0 fully saturated rings. The van der Waals surface area contributed by atoms with Gasteiger partial charge in [-0.1, -0.05) is 0 Å². The molecule has 8 heteroatoms. The van der Waals surface area contributed by atoms with Crippen LogP contribution in [0.4, 0.5) is 0 Å². The van der Waals surface area contributed by atoms with E-state index in [2.05, 4.69) is 0 Å². The van der Waals surface area contributed by atoms with Crippen molar-refractivity contribution >= 4 is 80.8 Å². The van der Waals surface area contributed by atoms with Crippen LogP contribution in [0.5, 0.6) is 0 Å². The Morgan fingerprint density at radius 1 is 1.36 bits per heavy atom. The molecule has 0 amide bonds. The quantitative estimate of drug-likeness (QED) is 0.335. The summed E-state index contributed by atoms with van der Waals surface area (Å²) >= 11 is 5.03. The van der Waals surface area contributed by atoms with E-state index >= 15 is 0 Å². The van der Waals surface area contributed by atoms with Gasteiger partial charge in [-0.05, 0) is 0 Å². The molecule has 0 heterocycles. The van der Waals surface area contributed by atoms with Crippen LogP contribution in [0.3, 0.4) is 0 Å². The number of alkyl halides is 1. The standard InChI is InChI=1S/C3H7ClO4S.2Na.2H/c4-1-3(5)2-9(6,7)8;;;;/h3,5H,1-2H2,(H,6,7,8);;;;. The molecule has 0 saturated carbocycles. The predicted octanol–water partition coefficient (Wildman–Crippen LogP) is -1.82. The van der Waals surface area contributed by atoms with Crippen LogP contribution in [0.25, 0.3) is 0 Å². The van der Waals surface area contributed by atoms with Crippen LogP contribution < -0.4 is 0 Å². The molecule has 1 atom stereocenters. The number of hydrogen-bond acceptors (Lipinski definition) is 3. The first-order valence-corrected chi connectivity index (χ1v) is 4.29. The second-order valence-corrected chi connectivity index (χ2v) is 3.36. The number of aliphatic hydroxyl groups excluding tert-OH is 1. The Hall–Kier alpha value is 2.16. The summed E-state index contributed by atoms with van der Waals surface area (Å²) in [7, 11) is -4.07. The van der Waals surface area contributed by atoms with Crippen LogP contribution in [0, 0.1) is 0 Å². The summed E-state index contributed by atoms with van der Waals surface area (Å²) in [6, 6.07) is 0. The zero-order valence-corrected chi connectivity index (χ0v) is 6.06. The molecule has 11 heavy (non-hydrogen) atoms. The maximum atomic E-state index is 9.94. The first kappa shape index (κ1) is 18.9. The van der Waals surface area contributed by atoms with Crippen molar-refractivity contribution < 1.29 is 18.1 Å². The summed E-state index contributed by atoms with van der Waals surface area (Å²) in [5, 5.41) is 8.52. The van der Waals surface area contributed by atoms with E-state index in [1.54, 1.807) is 0 Å². The Bertz CT molecular complexity index is 170. The van der Waals surface area contributed by atoms with Crippen molar-refractivity contribution in [3.05, 3.63) is 0 Å². The van der Waals surface area contributed by atoms with Gasteiger partial charge in [-0.15, -0.1) is 11.6 Å². The molecule has 4 nitrogen and oxygen atoms in total. The topological polar surface area (TPSA) is 74.6 Å². The third-order valence-electron chi connectivity index (χ3n) is 0.581. The molecule has 0 radical (unpaired) electrons. The van der Waals surface area contributed by atoms with Crippen molar-refractivity contribution in [2.45, 2.75) is 6.10 Å². The average molecular weight is 223 g/mol. The molecule has 0 aliphatic heterocycles. The van der Waals surface area contributed by atoms with Crippen LogP contribution in [0.1, 0.15) is 0 Å². The molecule has 0 aliphatic rings. The van der Waals surface area contributed by atoms with Gasteiger partial charge < -0.3 is 5.11 Å². The van der Waals surface area contributed by atoms with E-state index in [4.69, 9.17) is 21.3 Å². The molecular weight excluding hydrogens is 214 g/mol. The number of halogens is 1. The second kappa shape index (κ2) is 8.74. The minimum atomic E-state index is -4.07. The van der Waals surface area contributed by atoms with Crippen molar-refractivity contribution in [2.75, 3.05) is 11.6 Å². The molecule has 0 bridgehead atoms. The Labute approximate surface area is 115 Å². The van der Waals surface area contributed by atoms with Crippen molar-refractivity contribution in [1.29, 1.82) is 0 Å². The Morgan fingerprint density at radius 2 is 1.73 bits per heavy atom. The average Bonchev–Trinajstić information content (AvgIpc) is 1.62. The molecule has 0 rings (SSSR count). The Morgan fingerprint density at radius 3 is 1.82 bits per heavy atom. The normalized spacial score (nSPS) is 12.6. The van der Waals surface area contributed by atoms with Gasteiger partial charge in [-0.25, -0.2) is 0 Å². The van der Waals surface area contributed by atoms with E-state index < -0.39 is 22.0 Å². The second-order valence-electron chi connectivity index (χ2n) is 1.56. The number of aliphatic hydroxyl groups is 1. The molecule has 0 aromatic rings. The van der Waals surface area contributed by atoms with Gasteiger partial charge in [-0.3, -0.25) is 4.55 Å². The van der Waals surface area contributed by atoms with Gasteiger partial charge in [0.25, 0.3) is 10.1 Å². The Balaban J connectivity index is -0.000000320. The van der Waals surface area contributed by atoms with Crippen LogP contribution >= 0.6 is 11.6 Å². The van der Waals surface area contributed by atoms with Gasteiger partial charge >= 0.3 is 59.1 Å². The molecular formula is C3H9ClNa2O4S. The van der Waals surface area contributed by atoms with E-state index in [-0.39, 0.29) is 65.0 Å². The first-order chi connectivity index (χ1) is 3.95. The minimum absolute atomic E-state index is 0. The summed E-state index contributed by atoms with van der Waals surface area (Å²) in [5.74, 6) is -0.893. The fourth-order valence-corrected chi connectivity index (χ4v) is 1.13. The Kier molecular flexibility index (Phi) is 15.0. The molecule has 0 spiro atoms. The van der Waals surface area contributed by atoms with Crippen molar-refractivity contribution in [3.63, 3.8) is 0 Å². The predicted molar refractivity (Wildman–Crippen MR) is 47.4 cm³/mol. The van der Waals surface area contributed by atoms with E-state index in [9.17, 15) is 8.42 Å². The van der Waals surface area contributed by atoms with Crippen LogP contribution in [0.15, 0.2) is 0 Å². The number of rotatable bonds is 3. The molecule has 60 valence electrons. The molecule has 1 unspecified atom stereocenters. The van der Waals surface area contributed by atoms with E-state index in [0.29, 0.717) is 0 Å². The van der Waals surface area contributed by atoms with Crippen molar-refractivity contribution in [3.8, 4) is 0 Å². The summed E-state index contributed by atoms with van der Waals surface area (Å²) in [6.45, 7) is 0. The van der Waals surface area contributed by atoms with Crippen LogP contribution in [-0.2, 0) is 10.1 Å². The van der Waals surface area contributed by atoms with E-state index in [1.807, 2.05) is 0 Å². The molecule has 0 aromatic carbocycles. The number of hydrogen-bond donors (Lipinski definition) is 2. The fraction of sp³-hybridized carbons (Fsp3) is 1.00. The van der Waals surface area contributed by atoms with Crippen LogP contribution in [0.2, 0.25) is 0 Å². The zero-order chi connectivity index (χ0) is 7.49. The zero-order valence-electron chi connectivity index (χ0n) is 4.49. The summed E-state index contributed by atoms with van der Waals surface area (Å²) in [6.07, 6.45) is -1.18.